The summed E-state index contributed by atoms with van der Waals surface area (Å²) in [7, 11) is -3.56. The molecule has 1 aromatic rings. The van der Waals surface area contributed by atoms with E-state index < -0.39 is 10.0 Å². The van der Waals surface area contributed by atoms with Gasteiger partial charge in [-0.25, -0.2) is 13.1 Å². The van der Waals surface area contributed by atoms with E-state index in [1.807, 2.05) is 6.92 Å². The average molecular weight is 282 g/mol. The van der Waals surface area contributed by atoms with Gasteiger partial charge in [0.15, 0.2) is 0 Å². The summed E-state index contributed by atoms with van der Waals surface area (Å²) in [6.07, 6.45) is 2.27. The number of benzene rings is 1. The number of nitrogen functional groups attached to an aromatic ring is 1. The standard InChI is InChI=1S/C14H22N2O2S/c1-6-7-11(4)16-19(17,18)14-10(3)8-9(2)13(15)12(14)5/h6,8,11,16H,1,7,15H2,2-5H3. The van der Waals surface area contributed by atoms with Crippen molar-refractivity contribution in [3.8, 4) is 0 Å². The highest BCUT2D eigenvalue weighted by Crippen LogP contribution is 2.28. The SMILES string of the molecule is C=CCC(C)NS(=O)(=O)c1c(C)cc(C)c(N)c1C. The highest BCUT2D eigenvalue weighted by molar-refractivity contribution is 7.89. The molecule has 4 nitrogen and oxygen atoms in total. The van der Waals surface area contributed by atoms with Crippen molar-refractivity contribution in [3.63, 3.8) is 0 Å². The number of nitrogens with two attached hydrogens (primary N) is 1. The molecule has 0 radical (unpaired) electrons. The fraction of sp³-hybridized carbons (Fsp3) is 0.429. The van der Waals surface area contributed by atoms with E-state index in [0.717, 1.165) is 5.56 Å². The summed E-state index contributed by atoms with van der Waals surface area (Å²) < 4.78 is 27.5. The molecule has 0 amide bonds. The van der Waals surface area contributed by atoms with Crippen LogP contribution in [0.25, 0.3) is 0 Å². The Morgan fingerprint density at radius 3 is 2.47 bits per heavy atom. The molecular weight excluding hydrogens is 260 g/mol. The van der Waals surface area contributed by atoms with E-state index >= 15 is 0 Å². The minimum absolute atomic E-state index is 0.191. The molecule has 0 saturated heterocycles. The molecule has 106 valence electrons. The zero-order valence-corrected chi connectivity index (χ0v) is 12.8. The van der Waals surface area contributed by atoms with E-state index in [1.54, 1.807) is 32.9 Å². The highest BCUT2D eigenvalue weighted by Gasteiger charge is 2.23. The maximum Gasteiger partial charge on any atom is 0.241 e. The second kappa shape index (κ2) is 5.75. The van der Waals surface area contributed by atoms with Crippen LogP contribution in [0.3, 0.4) is 0 Å². The highest BCUT2D eigenvalue weighted by atomic mass is 32.2. The van der Waals surface area contributed by atoms with Crippen LogP contribution < -0.4 is 10.5 Å². The Balaban J connectivity index is 3.30. The smallest absolute Gasteiger partial charge is 0.241 e. The molecule has 3 N–H and O–H groups in total. The van der Waals surface area contributed by atoms with E-state index in [-0.39, 0.29) is 10.9 Å². The number of hydrogen-bond donors (Lipinski definition) is 2. The first-order chi connectivity index (χ1) is 8.70. The molecule has 0 fully saturated rings. The van der Waals surface area contributed by atoms with Crippen molar-refractivity contribution < 1.29 is 8.42 Å². The molecule has 0 heterocycles. The summed E-state index contributed by atoms with van der Waals surface area (Å²) >= 11 is 0. The van der Waals surface area contributed by atoms with Crippen LogP contribution in [-0.4, -0.2) is 14.5 Å². The molecule has 0 aliphatic heterocycles. The summed E-state index contributed by atoms with van der Waals surface area (Å²) in [6.45, 7) is 10.8. The van der Waals surface area contributed by atoms with Crippen molar-refractivity contribution >= 4 is 15.7 Å². The number of aryl methyl sites for hydroxylation is 2. The van der Waals surface area contributed by atoms with Gasteiger partial charge in [-0.05, 0) is 50.8 Å². The van der Waals surface area contributed by atoms with Gasteiger partial charge >= 0.3 is 0 Å². The number of rotatable bonds is 5. The van der Waals surface area contributed by atoms with E-state index in [1.165, 1.54) is 0 Å². The van der Waals surface area contributed by atoms with Crippen molar-refractivity contribution in [1.82, 2.24) is 4.72 Å². The maximum atomic E-state index is 12.4. The van der Waals surface area contributed by atoms with E-state index in [2.05, 4.69) is 11.3 Å². The molecule has 0 saturated carbocycles. The van der Waals surface area contributed by atoms with Crippen LogP contribution in [0.5, 0.6) is 0 Å². The molecule has 1 rings (SSSR count). The lowest BCUT2D eigenvalue weighted by Crippen LogP contribution is -2.33. The second-order valence-electron chi connectivity index (χ2n) is 4.92. The molecule has 0 bridgehead atoms. The molecule has 1 atom stereocenters. The molecule has 19 heavy (non-hydrogen) atoms. The Kier molecular flexibility index (Phi) is 4.76. The minimum Gasteiger partial charge on any atom is -0.398 e. The quantitative estimate of drug-likeness (QED) is 0.643. The predicted molar refractivity (Wildman–Crippen MR) is 79.7 cm³/mol. The zero-order valence-electron chi connectivity index (χ0n) is 11.9. The summed E-state index contributed by atoms with van der Waals surface area (Å²) in [4.78, 5) is 0.284. The van der Waals surface area contributed by atoms with Gasteiger partial charge < -0.3 is 5.73 Å². The first-order valence-electron chi connectivity index (χ1n) is 6.20. The Labute approximate surface area is 115 Å². The third kappa shape index (κ3) is 3.36. The molecule has 5 heteroatoms. The van der Waals surface area contributed by atoms with Gasteiger partial charge in [-0.1, -0.05) is 12.1 Å². The summed E-state index contributed by atoms with van der Waals surface area (Å²) in [5.74, 6) is 0. The fourth-order valence-electron chi connectivity index (χ4n) is 2.22. The molecule has 1 unspecified atom stereocenters. The van der Waals surface area contributed by atoms with Gasteiger partial charge in [0.25, 0.3) is 0 Å². The van der Waals surface area contributed by atoms with Crippen molar-refractivity contribution in [2.45, 2.75) is 45.1 Å². The lowest BCUT2D eigenvalue weighted by molar-refractivity contribution is 0.561. The first-order valence-corrected chi connectivity index (χ1v) is 7.68. The largest absolute Gasteiger partial charge is 0.398 e. The van der Waals surface area contributed by atoms with Crippen LogP contribution in [0.2, 0.25) is 0 Å². The van der Waals surface area contributed by atoms with E-state index in [4.69, 9.17) is 5.73 Å². The van der Waals surface area contributed by atoms with Crippen molar-refractivity contribution in [2.75, 3.05) is 5.73 Å². The number of nitrogens with one attached hydrogen (secondary N) is 1. The Morgan fingerprint density at radius 1 is 1.37 bits per heavy atom. The monoisotopic (exact) mass is 282 g/mol. The van der Waals surface area contributed by atoms with E-state index in [0.29, 0.717) is 23.2 Å². The molecule has 0 aliphatic rings. The average Bonchev–Trinajstić information content (AvgIpc) is 2.24. The molecular formula is C14H22N2O2S. The topological polar surface area (TPSA) is 72.2 Å². The minimum atomic E-state index is -3.56. The molecule has 0 aliphatic carbocycles. The van der Waals surface area contributed by atoms with Crippen molar-refractivity contribution in [3.05, 3.63) is 35.4 Å². The second-order valence-corrected chi connectivity index (χ2v) is 6.58. The van der Waals surface area contributed by atoms with Crippen molar-refractivity contribution in [2.24, 2.45) is 0 Å². The van der Waals surface area contributed by atoms with Gasteiger partial charge in [-0.3, -0.25) is 0 Å². The Bertz CT molecular complexity index is 592. The van der Waals surface area contributed by atoms with Gasteiger partial charge in [0.2, 0.25) is 10.0 Å². The Hall–Kier alpha value is -1.33. The van der Waals surface area contributed by atoms with Crippen LogP contribution in [0.15, 0.2) is 23.6 Å². The fourth-order valence-corrected chi connectivity index (χ4v) is 3.96. The molecule has 0 aromatic heterocycles. The summed E-state index contributed by atoms with van der Waals surface area (Å²) in [5.41, 5.74) is 8.67. The normalized spacial score (nSPS) is 13.3. The first kappa shape index (κ1) is 15.7. The van der Waals surface area contributed by atoms with Gasteiger partial charge in [0.05, 0.1) is 4.90 Å². The van der Waals surface area contributed by atoms with Gasteiger partial charge in [-0.2, -0.15) is 0 Å². The number of sulfonamides is 1. The lowest BCUT2D eigenvalue weighted by atomic mass is 10.1. The molecule has 1 aromatic carbocycles. The third-order valence-corrected chi connectivity index (χ3v) is 4.98. The lowest BCUT2D eigenvalue weighted by Gasteiger charge is -2.18. The van der Waals surface area contributed by atoms with E-state index in [9.17, 15) is 8.42 Å². The van der Waals surface area contributed by atoms with Crippen LogP contribution in [0.4, 0.5) is 5.69 Å². The summed E-state index contributed by atoms with van der Waals surface area (Å²) in [5, 5.41) is 0. The van der Waals surface area contributed by atoms with Gasteiger partial charge in [-0.15, -0.1) is 6.58 Å². The maximum absolute atomic E-state index is 12.4. The van der Waals surface area contributed by atoms with Crippen molar-refractivity contribution in [1.29, 1.82) is 0 Å². The summed E-state index contributed by atoms with van der Waals surface area (Å²) in [6, 6.07) is 1.61. The number of anilines is 1. The third-order valence-electron chi connectivity index (χ3n) is 3.11. The van der Waals surface area contributed by atoms with Gasteiger partial charge in [0.1, 0.15) is 0 Å². The molecule has 0 spiro atoms. The van der Waals surface area contributed by atoms with Crippen LogP contribution in [0.1, 0.15) is 30.0 Å². The van der Waals surface area contributed by atoms with Crippen LogP contribution in [-0.2, 0) is 10.0 Å². The van der Waals surface area contributed by atoms with Crippen LogP contribution >= 0.6 is 0 Å². The number of hydrogen-bond acceptors (Lipinski definition) is 3. The van der Waals surface area contributed by atoms with Crippen LogP contribution in [0, 0.1) is 20.8 Å². The zero-order chi connectivity index (χ0) is 14.8. The predicted octanol–water partition coefficient (Wildman–Crippen LogP) is 2.44. The Morgan fingerprint density at radius 2 is 1.95 bits per heavy atom. The van der Waals surface area contributed by atoms with Gasteiger partial charge in [0, 0.05) is 11.7 Å².